The number of H-pyrrole nitrogens is 1. The van der Waals surface area contributed by atoms with E-state index in [1.807, 2.05) is 34.6 Å². The highest BCUT2D eigenvalue weighted by Gasteiger charge is 2.27. The zero-order valence-corrected chi connectivity index (χ0v) is 23.7. The SMILES string of the molecule is Cc1cc(Cl)cc(C)c1Oc1ncc(C(C)(O)CF)cc1-c1cn(C)c(=O)c2[nH]c(C(=O)NC(C)(C)C)cc12. The molecule has 1 atom stereocenters. The van der Waals surface area contributed by atoms with E-state index in [0.717, 1.165) is 11.1 Å². The molecule has 0 aliphatic heterocycles. The fourth-order valence-corrected chi connectivity index (χ4v) is 4.66. The maximum absolute atomic E-state index is 13.8. The first-order valence-corrected chi connectivity index (χ1v) is 12.8. The molecule has 0 bridgehead atoms. The molecule has 4 aromatic rings. The maximum Gasteiger partial charge on any atom is 0.274 e. The number of amides is 1. The Kier molecular flexibility index (Phi) is 7.35. The van der Waals surface area contributed by atoms with E-state index in [4.69, 9.17) is 16.3 Å². The first kappa shape index (κ1) is 28.3. The van der Waals surface area contributed by atoms with E-state index in [1.165, 1.54) is 17.7 Å². The van der Waals surface area contributed by atoms with Gasteiger partial charge in [0.15, 0.2) is 0 Å². The molecule has 0 saturated carbocycles. The number of nitrogens with zero attached hydrogens (tertiary/aromatic N) is 2. The van der Waals surface area contributed by atoms with E-state index in [0.29, 0.717) is 27.3 Å². The normalized spacial score (nSPS) is 13.4. The van der Waals surface area contributed by atoms with Crippen LogP contribution >= 0.6 is 11.6 Å². The second kappa shape index (κ2) is 10.1. The van der Waals surface area contributed by atoms with E-state index in [9.17, 15) is 19.1 Å². The molecule has 0 radical (unpaired) electrons. The topological polar surface area (TPSA) is 109 Å². The van der Waals surface area contributed by atoms with Gasteiger partial charge in [0.2, 0.25) is 5.88 Å². The first-order valence-electron chi connectivity index (χ1n) is 12.4. The maximum atomic E-state index is 13.8. The zero-order valence-electron chi connectivity index (χ0n) is 23.0. The van der Waals surface area contributed by atoms with Gasteiger partial charge in [-0.3, -0.25) is 9.59 Å². The lowest BCUT2D eigenvalue weighted by atomic mass is 9.95. The summed E-state index contributed by atoms with van der Waals surface area (Å²) in [4.78, 5) is 33.4. The largest absolute Gasteiger partial charge is 0.438 e. The molecule has 3 N–H and O–H groups in total. The predicted octanol–water partition coefficient (Wildman–Crippen LogP) is 5.70. The van der Waals surface area contributed by atoms with Gasteiger partial charge in [-0.15, -0.1) is 0 Å². The van der Waals surface area contributed by atoms with Crippen LogP contribution in [0.5, 0.6) is 11.6 Å². The number of aliphatic hydroxyl groups is 1. The molecule has 0 saturated heterocycles. The van der Waals surface area contributed by atoms with Crippen molar-refractivity contribution in [3.8, 4) is 22.8 Å². The van der Waals surface area contributed by atoms with Crippen molar-refractivity contribution in [1.29, 1.82) is 0 Å². The molecular formula is C29H32ClFN4O4. The number of rotatable bonds is 6. The summed E-state index contributed by atoms with van der Waals surface area (Å²) in [6.45, 7) is 9.60. The van der Waals surface area contributed by atoms with Crippen LogP contribution in [0.15, 0.2) is 41.5 Å². The van der Waals surface area contributed by atoms with Gasteiger partial charge in [0, 0.05) is 52.1 Å². The van der Waals surface area contributed by atoms with Gasteiger partial charge in [-0.2, -0.15) is 0 Å². The molecule has 10 heteroatoms. The predicted molar refractivity (Wildman–Crippen MR) is 151 cm³/mol. The van der Waals surface area contributed by atoms with E-state index in [2.05, 4.69) is 15.3 Å². The Morgan fingerprint density at radius 2 is 1.79 bits per heavy atom. The first-order chi connectivity index (χ1) is 18.1. The number of fused-ring (bicyclic) bond motifs is 1. The van der Waals surface area contributed by atoms with Crippen LogP contribution in [-0.2, 0) is 12.6 Å². The smallest absolute Gasteiger partial charge is 0.274 e. The quantitative estimate of drug-likeness (QED) is 0.283. The van der Waals surface area contributed by atoms with Crippen molar-refractivity contribution in [2.24, 2.45) is 7.05 Å². The van der Waals surface area contributed by atoms with E-state index in [-0.39, 0.29) is 34.1 Å². The molecule has 39 heavy (non-hydrogen) atoms. The minimum atomic E-state index is -1.80. The van der Waals surface area contributed by atoms with Crippen LogP contribution < -0.4 is 15.6 Å². The number of alkyl halides is 1. The second-order valence-electron chi connectivity index (χ2n) is 11.1. The van der Waals surface area contributed by atoms with Crippen LogP contribution in [0, 0.1) is 13.8 Å². The Balaban J connectivity index is 1.99. The van der Waals surface area contributed by atoms with Crippen molar-refractivity contribution in [2.75, 3.05) is 6.67 Å². The highest BCUT2D eigenvalue weighted by Crippen LogP contribution is 2.40. The number of aryl methyl sites for hydroxylation is 3. The Labute approximate surface area is 230 Å². The Hall–Kier alpha value is -3.69. The summed E-state index contributed by atoms with van der Waals surface area (Å²) in [7, 11) is 1.59. The summed E-state index contributed by atoms with van der Waals surface area (Å²) in [5.74, 6) is 0.338. The molecule has 0 aliphatic rings. The molecule has 0 aliphatic carbocycles. The molecule has 4 rings (SSSR count). The van der Waals surface area contributed by atoms with Gasteiger partial charge in [-0.1, -0.05) is 11.6 Å². The average Bonchev–Trinajstić information content (AvgIpc) is 3.29. The fraction of sp³-hybridized carbons (Fsp3) is 0.345. The van der Waals surface area contributed by atoms with E-state index < -0.39 is 17.8 Å². The van der Waals surface area contributed by atoms with Gasteiger partial charge in [0.25, 0.3) is 11.5 Å². The van der Waals surface area contributed by atoms with Crippen LogP contribution in [0.1, 0.15) is 54.9 Å². The van der Waals surface area contributed by atoms with Crippen LogP contribution in [0.4, 0.5) is 4.39 Å². The van der Waals surface area contributed by atoms with Crippen molar-refractivity contribution < 1.29 is 19.0 Å². The van der Waals surface area contributed by atoms with Crippen LogP contribution in [0.25, 0.3) is 22.0 Å². The lowest BCUT2D eigenvalue weighted by Gasteiger charge is -2.22. The van der Waals surface area contributed by atoms with E-state index in [1.54, 1.807) is 37.5 Å². The highest BCUT2D eigenvalue weighted by molar-refractivity contribution is 6.30. The number of hydrogen-bond donors (Lipinski definition) is 3. The van der Waals surface area contributed by atoms with Crippen LogP contribution in [0.2, 0.25) is 5.02 Å². The number of pyridine rings is 2. The number of carbonyl (C=O) groups is 1. The zero-order chi connectivity index (χ0) is 28.9. The third kappa shape index (κ3) is 5.69. The number of nitrogens with one attached hydrogen (secondary N) is 2. The van der Waals surface area contributed by atoms with Crippen LogP contribution in [-0.4, -0.2) is 37.8 Å². The lowest BCUT2D eigenvalue weighted by Crippen LogP contribution is -2.40. The van der Waals surface area contributed by atoms with Gasteiger partial charge in [-0.25, -0.2) is 9.37 Å². The third-order valence-electron chi connectivity index (χ3n) is 6.35. The summed E-state index contributed by atoms with van der Waals surface area (Å²) in [6, 6.07) is 6.71. The second-order valence-corrected chi connectivity index (χ2v) is 11.5. The highest BCUT2D eigenvalue weighted by atomic mass is 35.5. The average molecular weight is 555 g/mol. The number of carbonyl (C=O) groups excluding carboxylic acids is 1. The molecule has 0 spiro atoms. The number of ether oxygens (including phenoxy) is 1. The molecule has 8 nitrogen and oxygen atoms in total. The van der Waals surface area contributed by atoms with Crippen molar-refractivity contribution in [3.05, 3.63) is 74.4 Å². The molecule has 3 heterocycles. The third-order valence-corrected chi connectivity index (χ3v) is 6.56. The summed E-state index contributed by atoms with van der Waals surface area (Å²) in [6.07, 6.45) is 2.96. The molecule has 0 fully saturated rings. The van der Waals surface area contributed by atoms with Gasteiger partial charge < -0.3 is 24.7 Å². The Morgan fingerprint density at radius 1 is 1.15 bits per heavy atom. The molecule has 1 unspecified atom stereocenters. The fourth-order valence-electron chi connectivity index (χ4n) is 4.33. The van der Waals surface area contributed by atoms with Crippen molar-refractivity contribution in [1.82, 2.24) is 19.9 Å². The monoisotopic (exact) mass is 554 g/mol. The van der Waals surface area contributed by atoms with Crippen molar-refractivity contribution in [3.63, 3.8) is 0 Å². The Bertz CT molecular complexity index is 1630. The number of benzene rings is 1. The van der Waals surface area contributed by atoms with Gasteiger partial charge in [0.1, 0.15) is 29.2 Å². The number of aromatic amines is 1. The Morgan fingerprint density at radius 3 is 2.38 bits per heavy atom. The van der Waals surface area contributed by atoms with Gasteiger partial charge >= 0.3 is 0 Å². The summed E-state index contributed by atoms with van der Waals surface area (Å²) < 4.78 is 21.4. The van der Waals surface area contributed by atoms with Crippen LogP contribution in [0.3, 0.4) is 0 Å². The summed E-state index contributed by atoms with van der Waals surface area (Å²) >= 11 is 6.20. The molecule has 1 amide bonds. The molecule has 206 valence electrons. The molecular weight excluding hydrogens is 523 g/mol. The summed E-state index contributed by atoms with van der Waals surface area (Å²) in [5, 5.41) is 14.6. The van der Waals surface area contributed by atoms with E-state index >= 15 is 0 Å². The molecule has 3 aromatic heterocycles. The number of hydrogen-bond acceptors (Lipinski definition) is 5. The number of aromatic nitrogens is 3. The van der Waals surface area contributed by atoms with Gasteiger partial charge in [-0.05, 0) is 76.9 Å². The standard InChI is InChI=1S/C29H32ClFN4O4/c1-15-8-18(30)9-16(2)24(15)39-26-20(10-17(12-32-26)29(6,38)14-31)21-13-35(7)27(37)23-19(21)11-22(33-23)25(36)34-28(3,4)5/h8-13,33,38H,14H2,1-7H3,(H,34,36). The van der Waals surface area contributed by atoms with Gasteiger partial charge in [0.05, 0.1) is 0 Å². The molecule has 1 aromatic carbocycles. The number of halogens is 2. The van der Waals surface area contributed by atoms with Crippen molar-refractivity contribution in [2.45, 2.75) is 52.7 Å². The minimum Gasteiger partial charge on any atom is -0.438 e. The lowest BCUT2D eigenvalue weighted by molar-refractivity contribution is 0.0296. The summed E-state index contributed by atoms with van der Waals surface area (Å²) in [5.41, 5.74) is 0.462. The minimum absolute atomic E-state index is 0.170. The van der Waals surface area contributed by atoms with Crippen molar-refractivity contribution >= 4 is 28.4 Å².